The van der Waals surface area contributed by atoms with Gasteiger partial charge >= 0.3 is 0 Å². The minimum absolute atomic E-state index is 0.0288. The first-order valence-electron chi connectivity index (χ1n) is 9.88. The van der Waals surface area contributed by atoms with Crippen molar-refractivity contribution in [2.75, 3.05) is 19.6 Å². The number of aromatic nitrogens is 1. The van der Waals surface area contributed by atoms with Crippen LogP contribution in [-0.4, -0.2) is 47.1 Å². The molecule has 3 aliphatic heterocycles. The van der Waals surface area contributed by atoms with Crippen LogP contribution in [0.25, 0.3) is 0 Å². The van der Waals surface area contributed by atoms with E-state index in [-0.39, 0.29) is 17.6 Å². The van der Waals surface area contributed by atoms with Gasteiger partial charge in [-0.2, -0.15) is 5.26 Å². The standard InChI is InChI=1S/C21H24N4O2S/c1-13-2-3-19(28-13)20(26)24-9-16-17-11-25(10-14-6-15(7-22)23-8-14)12-21(17)5-4-18(16)27-21/h2-3,6,8,16-18,23H,4-5,9-12H2,1H3,(H,24,26)/t16-,17+,18+,21+/m0/s1. The Balaban J connectivity index is 1.24. The molecule has 5 rings (SSSR count). The average Bonchev–Trinajstić information content (AvgIpc) is 3.46. The summed E-state index contributed by atoms with van der Waals surface area (Å²) >= 11 is 1.54. The number of H-pyrrole nitrogens is 1. The molecule has 5 heterocycles. The van der Waals surface area contributed by atoms with E-state index in [1.54, 1.807) is 0 Å². The van der Waals surface area contributed by atoms with Crippen LogP contribution in [0.4, 0.5) is 0 Å². The number of carbonyl (C=O) groups is 1. The van der Waals surface area contributed by atoms with Crippen molar-refractivity contribution in [2.45, 2.75) is 38.0 Å². The Hall–Kier alpha value is -2.14. The highest BCUT2D eigenvalue weighted by molar-refractivity contribution is 7.13. The summed E-state index contributed by atoms with van der Waals surface area (Å²) in [5.41, 5.74) is 1.70. The van der Waals surface area contributed by atoms with Gasteiger partial charge in [-0.05, 0) is 43.5 Å². The van der Waals surface area contributed by atoms with E-state index in [4.69, 9.17) is 10.00 Å². The number of nitrogens with zero attached hydrogens (tertiary/aromatic N) is 2. The van der Waals surface area contributed by atoms with Crippen molar-refractivity contribution in [3.63, 3.8) is 0 Å². The number of hydrogen-bond donors (Lipinski definition) is 2. The van der Waals surface area contributed by atoms with Crippen LogP contribution < -0.4 is 5.32 Å². The van der Waals surface area contributed by atoms with Crippen molar-refractivity contribution in [3.8, 4) is 6.07 Å². The Kier molecular flexibility index (Phi) is 4.31. The molecule has 2 N–H and O–H groups in total. The van der Waals surface area contributed by atoms with Gasteiger partial charge in [-0.3, -0.25) is 9.69 Å². The first-order chi connectivity index (χ1) is 13.6. The molecule has 2 aromatic heterocycles. The van der Waals surface area contributed by atoms with Crippen molar-refractivity contribution < 1.29 is 9.53 Å². The molecule has 146 valence electrons. The molecule has 0 radical (unpaired) electrons. The van der Waals surface area contributed by atoms with Crippen LogP contribution >= 0.6 is 11.3 Å². The zero-order valence-corrected chi connectivity index (χ0v) is 16.7. The third-order valence-corrected chi connectivity index (χ3v) is 7.59. The van der Waals surface area contributed by atoms with E-state index in [1.165, 1.54) is 11.3 Å². The molecule has 7 heteroatoms. The Morgan fingerprint density at radius 1 is 1.54 bits per heavy atom. The van der Waals surface area contributed by atoms with Crippen LogP contribution in [0.2, 0.25) is 0 Å². The number of nitriles is 1. The van der Waals surface area contributed by atoms with E-state index in [2.05, 4.69) is 21.3 Å². The minimum Gasteiger partial charge on any atom is -0.370 e. The zero-order chi connectivity index (χ0) is 19.3. The van der Waals surface area contributed by atoms with Gasteiger partial charge in [0, 0.05) is 49.1 Å². The third-order valence-electron chi connectivity index (χ3n) is 6.59. The number of amides is 1. The number of aryl methyl sites for hydroxylation is 1. The predicted molar refractivity (Wildman–Crippen MR) is 106 cm³/mol. The lowest BCUT2D eigenvalue weighted by molar-refractivity contribution is 0.00212. The van der Waals surface area contributed by atoms with Gasteiger partial charge < -0.3 is 15.0 Å². The average molecular weight is 397 g/mol. The predicted octanol–water partition coefficient (Wildman–Crippen LogP) is 2.67. The summed E-state index contributed by atoms with van der Waals surface area (Å²) in [7, 11) is 0. The first kappa shape index (κ1) is 17.9. The van der Waals surface area contributed by atoms with Crippen molar-refractivity contribution in [1.29, 1.82) is 5.26 Å². The van der Waals surface area contributed by atoms with Crippen molar-refractivity contribution in [2.24, 2.45) is 11.8 Å². The van der Waals surface area contributed by atoms with Gasteiger partial charge in [0.25, 0.3) is 5.91 Å². The molecule has 0 saturated carbocycles. The Labute approximate surface area is 168 Å². The molecule has 3 aliphatic rings. The van der Waals surface area contributed by atoms with E-state index < -0.39 is 0 Å². The molecule has 4 atom stereocenters. The van der Waals surface area contributed by atoms with E-state index >= 15 is 0 Å². The van der Waals surface area contributed by atoms with E-state index in [1.807, 2.05) is 31.3 Å². The number of hydrogen-bond acceptors (Lipinski definition) is 5. The summed E-state index contributed by atoms with van der Waals surface area (Å²) in [5, 5.41) is 12.2. The molecule has 2 bridgehead atoms. The fourth-order valence-electron chi connectivity index (χ4n) is 5.39. The summed E-state index contributed by atoms with van der Waals surface area (Å²) < 4.78 is 6.48. The molecule has 0 aliphatic carbocycles. The number of aromatic amines is 1. The van der Waals surface area contributed by atoms with Crippen molar-refractivity contribution in [3.05, 3.63) is 45.4 Å². The number of fused-ring (bicyclic) bond motifs is 1. The summed E-state index contributed by atoms with van der Waals surface area (Å²) in [6, 6.07) is 7.96. The molecule has 3 fully saturated rings. The highest BCUT2D eigenvalue weighted by Gasteiger charge is 2.62. The highest BCUT2D eigenvalue weighted by atomic mass is 32.1. The first-order valence-corrected chi connectivity index (χ1v) is 10.7. The molecule has 6 nitrogen and oxygen atoms in total. The topological polar surface area (TPSA) is 81.2 Å². The Morgan fingerprint density at radius 2 is 2.43 bits per heavy atom. The molecular weight excluding hydrogens is 372 g/mol. The lowest BCUT2D eigenvalue weighted by Gasteiger charge is -2.29. The fourth-order valence-corrected chi connectivity index (χ4v) is 6.17. The van der Waals surface area contributed by atoms with Gasteiger partial charge in [-0.25, -0.2) is 0 Å². The normalized spacial score (nSPS) is 31.1. The van der Waals surface area contributed by atoms with Gasteiger partial charge in [0.2, 0.25) is 0 Å². The maximum Gasteiger partial charge on any atom is 0.261 e. The lowest BCUT2D eigenvalue weighted by atomic mass is 9.73. The fraction of sp³-hybridized carbons (Fsp3) is 0.524. The number of nitrogens with one attached hydrogen (secondary N) is 2. The second-order valence-electron chi connectivity index (χ2n) is 8.35. The molecular formula is C21H24N4O2S. The molecule has 0 aromatic carbocycles. The number of carbonyl (C=O) groups excluding carboxylic acids is 1. The molecule has 28 heavy (non-hydrogen) atoms. The SMILES string of the molecule is Cc1ccc(C(=O)NC[C@H]2[C@H]3CN(Cc4c[nH]c(C#N)c4)C[C@]34CC[C@H]2O4)s1. The summed E-state index contributed by atoms with van der Waals surface area (Å²) in [6.07, 6.45) is 4.40. The van der Waals surface area contributed by atoms with Crippen LogP contribution in [0.3, 0.4) is 0 Å². The molecule has 1 amide bonds. The summed E-state index contributed by atoms with van der Waals surface area (Å²) in [4.78, 5) is 19.8. The van der Waals surface area contributed by atoms with Crippen LogP contribution in [0, 0.1) is 30.1 Å². The number of ether oxygens (including phenoxy) is 1. The van der Waals surface area contributed by atoms with Crippen LogP contribution in [0.15, 0.2) is 24.4 Å². The van der Waals surface area contributed by atoms with E-state index in [0.717, 1.165) is 47.8 Å². The minimum atomic E-state index is -0.0477. The van der Waals surface area contributed by atoms with Gasteiger partial charge in [-0.15, -0.1) is 11.3 Å². The van der Waals surface area contributed by atoms with E-state index in [9.17, 15) is 4.79 Å². The summed E-state index contributed by atoms with van der Waals surface area (Å²) in [6.45, 7) is 5.46. The van der Waals surface area contributed by atoms with Gasteiger partial charge in [0.1, 0.15) is 11.8 Å². The smallest absolute Gasteiger partial charge is 0.261 e. The van der Waals surface area contributed by atoms with Gasteiger partial charge in [-0.1, -0.05) is 0 Å². The van der Waals surface area contributed by atoms with Gasteiger partial charge in [0.05, 0.1) is 16.6 Å². The van der Waals surface area contributed by atoms with Crippen LogP contribution in [0.1, 0.15) is 38.6 Å². The summed E-state index contributed by atoms with van der Waals surface area (Å²) in [5.74, 6) is 0.872. The largest absolute Gasteiger partial charge is 0.370 e. The number of thiophene rings is 1. The Bertz CT molecular complexity index is 944. The second-order valence-corrected chi connectivity index (χ2v) is 9.64. The van der Waals surface area contributed by atoms with E-state index in [0.29, 0.717) is 24.1 Å². The monoisotopic (exact) mass is 396 g/mol. The maximum atomic E-state index is 12.5. The van der Waals surface area contributed by atoms with Crippen LogP contribution in [0.5, 0.6) is 0 Å². The molecule has 2 aromatic rings. The second kappa shape index (κ2) is 6.73. The van der Waals surface area contributed by atoms with Crippen molar-refractivity contribution in [1.82, 2.24) is 15.2 Å². The Morgan fingerprint density at radius 3 is 3.18 bits per heavy atom. The molecule has 1 spiro atoms. The van der Waals surface area contributed by atoms with Gasteiger partial charge in [0.15, 0.2) is 0 Å². The molecule has 0 unspecified atom stereocenters. The molecule has 3 saturated heterocycles. The lowest BCUT2D eigenvalue weighted by Crippen LogP contribution is -2.41. The maximum absolute atomic E-state index is 12.5. The quantitative estimate of drug-likeness (QED) is 0.814. The third kappa shape index (κ3) is 2.96. The zero-order valence-electron chi connectivity index (χ0n) is 15.9. The van der Waals surface area contributed by atoms with Crippen LogP contribution in [-0.2, 0) is 11.3 Å². The highest BCUT2D eigenvalue weighted by Crippen LogP contribution is 2.54. The van der Waals surface area contributed by atoms with Crippen molar-refractivity contribution >= 4 is 17.2 Å². The number of likely N-dealkylation sites (tertiary alicyclic amines) is 1. The number of rotatable bonds is 5.